The van der Waals surface area contributed by atoms with Gasteiger partial charge in [-0.25, -0.2) is 9.97 Å². The maximum absolute atomic E-state index is 12.6. The fourth-order valence-corrected chi connectivity index (χ4v) is 3.82. The molecule has 0 atom stereocenters. The van der Waals surface area contributed by atoms with E-state index < -0.39 is 0 Å². The number of amides is 1. The zero-order chi connectivity index (χ0) is 19.7. The van der Waals surface area contributed by atoms with Crippen LogP contribution >= 0.6 is 11.6 Å². The third kappa shape index (κ3) is 3.69. The lowest BCUT2D eigenvalue weighted by atomic mass is 9.95. The number of rotatable bonds is 4. The smallest absolute Gasteiger partial charge is 0.231 e. The highest BCUT2D eigenvalue weighted by Gasteiger charge is 2.27. The number of nitrogens with zero attached hydrogens (tertiary/aromatic N) is 3. The van der Waals surface area contributed by atoms with Gasteiger partial charge in [-0.2, -0.15) is 0 Å². The van der Waals surface area contributed by atoms with E-state index in [1.165, 1.54) is 0 Å². The lowest BCUT2D eigenvalue weighted by Gasteiger charge is -2.32. The Morgan fingerprint density at radius 2 is 1.93 bits per heavy atom. The van der Waals surface area contributed by atoms with Crippen molar-refractivity contribution in [2.24, 2.45) is 5.92 Å². The molecule has 0 unspecified atom stereocenters. The average molecular weight is 399 g/mol. The lowest BCUT2D eigenvalue weighted by molar-refractivity contribution is -0.125. The molecular formula is C21H23ClN4O2. The largest absolute Gasteiger partial charge is 0.443 e. The summed E-state index contributed by atoms with van der Waals surface area (Å²) < 4.78 is 5.72. The van der Waals surface area contributed by atoms with Gasteiger partial charge in [-0.15, -0.1) is 0 Å². The molecule has 1 amide bonds. The van der Waals surface area contributed by atoms with Crippen molar-refractivity contribution in [1.82, 2.24) is 15.3 Å². The Balaban J connectivity index is 1.38. The van der Waals surface area contributed by atoms with Gasteiger partial charge in [0.2, 0.25) is 11.6 Å². The van der Waals surface area contributed by atoms with Crippen LogP contribution in [-0.2, 0) is 11.3 Å². The zero-order valence-electron chi connectivity index (χ0n) is 16.0. The fourth-order valence-electron chi connectivity index (χ4n) is 3.69. The minimum atomic E-state index is 0.0214. The highest BCUT2D eigenvalue weighted by molar-refractivity contribution is 6.30. The number of aromatic nitrogens is 2. The average Bonchev–Trinajstić information content (AvgIpc) is 3.01. The molecule has 146 valence electrons. The normalized spacial score (nSPS) is 15.2. The van der Waals surface area contributed by atoms with E-state index in [0.717, 1.165) is 54.0 Å². The SMILES string of the molecule is Cc1oc2ncnc(N3CCC(C(=O)NCc4ccc(Cl)cc4)CC3)c2c1C. The van der Waals surface area contributed by atoms with Crippen molar-refractivity contribution in [3.05, 3.63) is 52.5 Å². The van der Waals surface area contributed by atoms with Crippen molar-refractivity contribution in [3.8, 4) is 0 Å². The predicted octanol–water partition coefficient (Wildman–Crippen LogP) is 4.03. The molecule has 1 fully saturated rings. The third-order valence-electron chi connectivity index (χ3n) is 5.49. The van der Waals surface area contributed by atoms with Crippen LogP contribution < -0.4 is 10.2 Å². The molecule has 28 heavy (non-hydrogen) atoms. The van der Waals surface area contributed by atoms with E-state index in [4.69, 9.17) is 16.0 Å². The number of carbonyl (C=O) groups is 1. The van der Waals surface area contributed by atoms with Crippen LogP contribution in [0.3, 0.4) is 0 Å². The summed E-state index contributed by atoms with van der Waals surface area (Å²) in [7, 11) is 0. The molecule has 1 N–H and O–H groups in total. The number of hydrogen-bond donors (Lipinski definition) is 1. The van der Waals surface area contributed by atoms with Crippen molar-refractivity contribution in [2.75, 3.05) is 18.0 Å². The van der Waals surface area contributed by atoms with Gasteiger partial charge in [0.25, 0.3) is 0 Å². The van der Waals surface area contributed by atoms with E-state index in [2.05, 4.69) is 20.2 Å². The Kier molecular flexibility index (Phi) is 5.22. The number of hydrogen-bond acceptors (Lipinski definition) is 5. The summed E-state index contributed by atoms with van der Waals surface area (Å²) in [4.78, 5) is 23.5. The van der Waals surface area contributed by atoms with Gasteiger partial charge in [0.15, 0.2) is 0 Å². The van der Waals surface area contributed by atoms with E-state index in [9.17, 15) is 4.79 Å². The number of benzene rings is 1. The Morgan fingerprint density at radius 3 is 2.64 bits per heavy atom. The van der Waals surface area contributed by atoms with Crippen LogP contribution in [0.2, 0.25) is 5.02 Å². The molecule has 1 aliphatic rings. The first-order valence-corrected chi connectivity index (χ1v) is 9.88. The van der Waals surface area contributed by atoms with Gasteiger partial charge in [0.1, 0.15) is 17.9 Å². The topological polar surface area (TPSA) is 71.3 Å². The highest BCUT2D eigenvalue weighted by atomic mass is 35.5. The molecule has 7 heteroatoms. The molecule has 0 spiro atoms. The van der Waals surface area contributed by atoms with Gasteiger partial charge in [0.05, 0.1) is 5.39 Å². The van der Waals surface area contributed by atoms with E-state index in [1.54, 1.807) is 6.33 Å². The van der Waals surface area contributed by atoms with Crippen LogP contribution in [0.1, 0.15) is 29.7 Å². The van der Waals surface area contributed by atoms with Crippen LogP contribution in [0.5, 0.6) is 0 Å². The summed E-state index contributed by atoms with van der Waals surface area (Å²) in [5, 5.41) is 4.72. The maximum Gasteiger partial charge on any atom is 0.231 e. The summed E-state index contributed by atoms with van der Waals surface area (Å²) in [5.41, 5.74) is 2.75. The van der Waals surface area contributed by atoms with Crippen molar-refractivity contribution in [3.63, 3.8) is 0 Å². The molecule has 1 aliphatic heterocycles. The number of halogens is 1. The Labute approximate surface area is 168 Å². The number of aryl methyl sites for hydroxylation is 2. The first-order chi connectivity index (χ1) is 13.5. The van der Waals surface area contributed by atoms with Gasteiger partial charge in [-0.05, 0) is 44.4 Å². The van der Waals surface area contributed by atoms with E-state index in [0.29, 0.717) is 17.3 Å². The first-order valence-electron chi connectivity index (χ1n) is 9.50. The molecule has 0 aliphatic carbocycles. The molecule has 4 rings (SSSR count). The number of furan rings is 1. The summed E-state index contributed by atoms with van der Waals surface area (Å²) in [6.45, 7) is 6.07. The highest BCUT2D eigenvalue weighted by Crippen LogP contribution is 2.32. The minimum Gasteiger partial charge on any atom is -0.443 e. The molecule has 0 saturated carbocycles. The quantitative estimate of drug-likeness (QED) is 0.718. The number of piperidine rings is 1. The fraction of sp³-hybridized carbons (Fsp3) is 0.381. The van der Waals surface area contributed by atoms with Gasteiger partial charge >= 0.3 is 0 Å². The number of carbonyl (C=O) groups excluding carboxylic acids is 1. The van der Waals surface area contributed by atoms with Crippen molar-refractivity contribution >= 4 is 34.4 Å². The van der Waals surface area contributed by atoms with Gasteiger partial charge in [-0.3, -0.25) is 4.79 Å². The van der Waals surface area contributed by atoms with Gasteiger partial charge < -0.3 is 14.6 Å². The van der Waals surface area contributed by atoms with Crippen LogP contribution in [0.25, 0.3) is 11.1 Å². The maximum atomic E-state index is 12.6. The summed E-state index contributed by atoms with van der Waals surface area (Å²) in [6.07, 6.45) is 3.15. The van der Waals surface area contributed by atoms with E-state index in [1.807, 2.05) is 38.1 Å². The molecule has 3 heterocycles. The van der Waals surface area contributed by atoms with Crippen LogP contribution in [0.4, 0.5) is 5.82 Å². The summed E-state index contributed by atoms with van der Waals surface area (Å²) in [6, 6.07) is 7.54. The molecule has 1 aromatic carbocycles. The number of fused-ring (bicyclic) bond motifs is 1. The van der Waals surface area contributed by atoms with Gasteiger partial charge in [0, 0.05) is 36.1 Å². The molecule has 2 aromatic heterocycles. The Bertz CT molecular complexity index is 992. The lowest BCUT2D eigenvalue weighted by Crippen LogP contribution is -2.40. The summed E-state index contributed by atoms with van der Waals surface area (Å²) in [5.74, 6) is 1.90. The number of anilines is 1. The van der Waals surface area contributed by atoms with E-state index >= 15 is 0 Å². The Hall–Kier alpha value is -2.60. The molecule has 0 radical (unpaired) electrons. The molecule has 1 saturated heterocycles. The summed E-state index contributed by atoms with van der Waals surface area (Å²) >= 11 is 5.90. The van der Waals surface area contributed by atoms with Crippen molar-refractivity contribution in [1.29, 1.82) is 0 Å². The monoisotopic (exact) mass is 398 g/mol. The zero-order valence-corrected chi connectivity index (χ0v) is 16.8. The van der Waals surface area contributed by atoms with Crippen LogP contribution in [-0.4, -0.2) is 29.0 Å². The molecule has 3 aromatic rings. The van der Waals surface area contributed by atoms with Gasteiger partial charge in [-0.1, -0.05) is 23.7 Å². The van der Waals surface area contributed by atoms with Crippen molar-refractivity contribution < 1.29 is 9.21 Å². The molecular weight excluding hydrogens is 376 g/mol. The Morgan fingerprint density at radius 1 is 1.21 bits per heavy atom. The van der Waals surface area contributed by atoms with E-state index in [-0.39, 0.29) is 11.8 Å². The van der Waals surface area contributed by atoms with Crippen LogP contribution in [0.15, 0.2) is 35.0 Å². The molecule has 6 nitrogen and oxygen atoms in total. The van der Waals surface area contributed by atoms with Crippen LogP contribution in [0, 0.1) is 19.8 Å². The second-order valence-corrected chi connectivity index (χ2v) is 7.70. The molecule has 0 bridgehead atoms. The second-order valence-electron chi connectivity index (χ2n) is 7.27. The third-order valence-corrected chi connectivity index (χ3v) is 5.74. The second kappa shape index (κ2) is 7.80. The predicted molar refractivity (Wildman–Crippen MR) is 110 cm³/mol. The minimum absolute atomic E-state index is 0.0214. The first kappa shape index (κ1) is 18.7. The number of nitrogens with one attached hydrogen (secondary N) is 1. The van der Waals surface area contributed by atoms with Crippen molar-refractivity contribution in [2.45, 2.75) is 33.2 Å². The standard InChI is InChI=1S/C21H23ClN4O2/c1-13-14(2)28-21-18(13)19(24-12-25-21)26-9-7-16(8-10-26)20(27)23-11-15-3-5-17(22)6-4-15/h3-6,12,16H,7-11H2,1-2H3,(H,23,27).